The molecule has 0 amide bonds. The molecule has 4 saturated carbocycles. The third-order valence-electron chi connectivity index (χ3n) is 12.5. The second-order valence-corrected chi connectivity index (χ2v) is 14.0. The third kappa shape index (κ3) is 3.07. The van der Waals surface area contributed by atoms with E-state index in [1.54, 1.807) is 0 Å². The van der Waals surface area contributed by atoms with Crippen molar-refractivity contribution in [1.82, 2.24) is 0 Å². The van der Waals surface area contributed by atoms with Crippen LogP contribution in [0.1, 0.15) is 86.0 Å². The number of rotatable bonds is 1. The highest BCUT2D eigenvalue weighted by Crippen LogP contribution is 2.72. The molecule has 2 heterocycles. The van der Waals surface area contributed by atoms with Gasteiger partial charge >= 0.3 is 5.97 Å². The second-order valence-electron chi connectivity index (χ2n) is 14.0. The first kappa shape index (κ1) is 25.5. The van der Waals surface area contributed by atoms with E-state index < -0.39 is 35.1 Å². The van der Waals surface area contributed by atoms with Crippen LogP contribution in [0.25, 0.3) is 0 Å². The van der Waals surface area contributed by atoms with Gasteiger partial charge in [-0.1, -0.05) is 27.7 Å². The van der Waals surface area contributed by atoms with E-state index in [9.17, 15) is 20.1 Å². The molecule has 14 atom stereocenters. The maximum absolute atomic E-state index is 12.6. The molecule has 6 aliphatic rings. The van der Waals surface area contributed by atoms with Gasteiger partial charge in [0, 0.05) is 30.6 Å². The number of aliphatic hydroxyl groups is 3. The van der Waals surface area contributed by atoms with Crippen molar-refractivity contribution in [3.63, 3.8) is 0 Å². The number of ether oxygens (including phenoxy) is 3. The van der Waals surface area contributed by atoms with Gasteiger partial charge in [0.05, 0.1) is 18.8 Å². The summed E-state index contributed by atoms with van der Waals surface area (Å²) in [6.45, 7) is 10.8. The summed E-state index contributed by atoms with van der Waals surface area (Å²) < 4.78 is 18.5. The van der Waals surface area contributed by atoms with E-state index in [2.05, 4.69) is 20.8 Å². The van der Waals surface area contributed by atoms with Crippen LogP contribution in [0, 0.1) is 46.3 Å². The summed E-state index contributed by atoms with van der Waals surface area (Å²) >= 11 is 0. The number of hydrogen-bond donors (Lipinski definition) is 3. The molecule has 0 aromatic carbocycles. The summed E-state index contributed by atoms with van der Waals surface area (Å²) in [7, 11) is 0. The molecular weight excluding hydrogens is 460 g/mol. The molecule has 2 aliphatic heterocycles. The molecule has 1 spiro atoms. The van der Waals surface area contributed by atoms with E-state index in [-0.39, 0.29) is 41.2 Å². The summed E-state index contributed by atoms with van der Waals surface area (Å²) in [4.78, 5) is 11.6. The van der Waals surface area contributed by atoms with E-state index in [1.165, 1.54) is 6.92 Å². The molecular formula is C29H46O7. The van der Waals surface area contributed by atoms with Crippen molar-refractivity contribution < 1.29 is 34.3 Å². The fourth-order valence-electron chi connectivity index (χ4n) is 10.5. The summed E-state index contributed by atoms with van der Waals surface area (Å²) in [6, 6.07) is 0. The van der Waals surface area contributed by atoms with Crippen molar-refractivity contribution >= 4 is 5.97 Å². The van der Waals surface area contributed by atoms with Crippen LogP contribution >= 0.6 is 0 Å². The predicted octanol–water partition coefficient (Wildman–Crippen LogP) is 3.42. The van der Waals surface area contributed by atoms with E-state index in [0.29, 0.717) is 24.9 Å². The Kier molecular flexibility index (Phi) is 5.77. The molecule has 6 fully saturated rings. The average Bonchev–Trinajstić information content (AvgIpc) is 3.20. The normalized spacial score (nSPS) is 60.1. The Hall–Kier alpha value is -0.730. The van der Waals surface area contributed by atoms with Crippen molar-refractivity contribution in [1.29, 1.82) is 0 Å². The van der Waals surface area contributed by atoms with Gasteiger partial charge in [-0.05, 0) is 74.0 Å². The smallest absolute Gasteiger partial charge is 0.302 e. The van der Waals surface area contributed by atoms with E-state index >= 15 is 0 Å². The van der Waals surface area contributed by atoms with Gasteiger partial charge in [0.25, 0.3) is 0 Å². The van der Waals surface area contributed by atoms with Crippen LogP contribution in [0.2, 0.25) is 0 Å². The highest BCUT2D eigenvalue weighted by molar-refractivity contribution is 5.66. The Bertz CT molecular complexity index is 900. The van der Waals surface area contributed by atoms with Crippen LogP contribution in [-0.4, -0.2) is 63.7 Å². The molecule has 36 heavy (non-hydrogen) atoms. The fourth-order valence-corrected chi connectivity index (χ4v) is 10.5. The molecule has 204 valence electrons. The number of esters is 1. The van der Waals surface area contributed by atoms with Crippen LogP contribution in [0.15, 0.2) is 0 Å². The lowest BCUT2D eigenvalue weighted by atomic mass is 9.42. The van der Waals surface area contributed by atoms with E-state index in [1.807, 2.05) is 6.92 Å². The first-order valence-electron chi connectivity index (χ1n) is 14.5. The topological polar surface area (TPSA) is 105 Å². The minimum Gasteiger partial charge on any atom is -0.463 e. The largest absolute Gasteiger partial charge is 0.463 e. The standard InChI is InChI=1S/C29H46O7/c1-15-8-11-28(34-14-15)16(2)23-24(36-28)25(32)29(33)20-7-6-18-12-19(35-17(3)30)9-10-26(18,4)21(20)13-22(31)27(23,29)5/h15-16,18-25,31-33H,6-14H2,1-5H3/t15-,16-,18?,19-,20+,21-,22-,23-,24+,25+,26-,27+,28+,29+/m0/s1. The summed E-state index contributed by atoms with van der Waals surface area (Å²) in [5.74, 6) is -0.289. The van der Waals surface area contributed by atoms with Crippen molar-refractivity contribution in [2.75, 3.05) is 6.61 Å². The highest BCUT2D eigenvalue weighted by atomic mass is 16.7. The Morgan fingerprint density at radius 3 is 2.42 bits per heavy atom. The maximum Gasteiger partial charge on any atom is 0.302 e. The minimum absolute atomic E-state index is 0.0269. The molecule has 7 heteroatoms. The molecule has 2 saturated heterocycles. The minimum atomic E-state index is -1.41. The molecule has 0 aromatic heterocycles. The van der Waals surface area contributed by atoms with Gasteiger partial charge in [0.2, 0.25) is 0 Å². The van der Waals surface area contributed by atoms with Crippen LogP contribution < -0.4 is 0 Å². The van der Waals surface area contributed by atoms with Crippen molar-refractivity contribution in [2.45, 2.75) is 122 Å². The lowest BCUT2D eigenvalue weighted by Gasteiger charge is -2.65. The van der Waals surface area contributed by atoms with Gasteiger partial charge in [-0.3, -0.25) is 4.79 Å². The number of aliphatic hydroxyl groups excluding tert-OH is 2. The Morgan fingerprint density at radius 1 is 1.00 bits per heavy atom. The SMILES string of the molecule is CC(=O)O[C@H]1CC[C@@]2(C)C(CC[C@@H]3[C@@H]2C[C@H](O)[C@]2(C)[C@@H]4[C@@H](O[C@]5(CC[C@H](C)CO5)[C@H]4C)[C@@H](O)[C@]32O)C1. The van der Waals surface area contributed by atoms with Crippen molar-refractivity contribution in [3.05, 3.63) is 0 Å². The van der Waals surface area contributed by atoms with Crippen molar-refractivity contribution in [3.8, 4) is 0 Å². The van der Waals surface area contributed by atoms with Gasteiger partial charge < -0.3 is 29.5 Å². The molecule has 4 aliphatic carbocycles. The summed E-state index contributed by atoms with van der Waals surface area (Å²) in [5.41, 5.74) is -2.35. The molecule has 0 bridgehead atoms. The van der Waals surface area contributed by atoms with Gasteiger partial charge in [0.1, 0.15) is 17.8 Å². The fraction of sp³-hybridized carbons (Fsp3) is 0.966. The lowest BCUT2D eigenvalue weighted by Crippen LogP contribution is -2.70. The zero-order chi connectivity index (χ0) is 25.8. The average molecular weight is 507 g/mol. The third-order valence-corrected chi connectivity index (χ3v) is 12.5. The highest BCUT2D eigenvalue weighted by Gasteiger charge is 2.80. The summed E-state index contributed by atoms with van der Waals surface area (Å²) in [6.07, 6.45) is 4.36. The number of carbonyl (C=O) groups is 1. The van der Waals surface area contributed by atoms with Crippen molar-refractivity contribution in [2.24, 2.45) is 46.3 Å². The van der Waals surface area contributed by atoms with E-state index in [4.69, 9.17) is 14.2 Å². The van der Waals surface area contributed by atoms with Crippen LogP contribution in [0.3, 0.4) is 0 Å². The number of fused-ring (bicyclic) bond motifs is 7. The molecule has 1 unspecified atom stereocenters. The van der Waals surface area contributed by atoms with Gasteiger partial charge in [-0.15, -0.1) is 0 Å². The van der Waals surface area contributed by atoms with Crippen LogP contribution in [0.5, 0.6) is 0 Å². The first-order valence-corrected chi connectivity index (χ1v) is 14.5. The van der Waals surface area contributed by atoms with Gasteiger partial charge in [0.15, 0.2) is 5.79 Å². The Balaban J connectivity index is 1.32. The lowest BCUT2D eigenvalue weighted by molar-refractivity contribution is -0.310. The number of carbonyl (C=O) groups excluding carboxylic acids is 1. The monoisotopic (exact) mass is 506 g/mol. The molecule has 0 aromatic rings. The zero-order valence-corrected chi connectivity index (χ0v) is 22.6. The predicted molar refractivity (Wildman–Crippen MR) is 132 cm³/mol. The Labute approximate surface area is 215 Å². The van der Waals surface area contributed by atoms with Crippen LogP contribution in [0.4, 0.5) is 0 Å². The van der Waals surface area contributed by atoms with Gasteiger partial charge in [-0.25, -0.2) is 0 Å². The molecule has 6 rings (SSSR count). The molecule has 7 nitrogen and oxygen atoms in total. The molecule has 3 N–H and O–H groups in total. The quantitative estimate of drug-likeness (QED) is 0.468. The maximum atomic E-state index is 12.6. The Morgan fingerprint density at radius 2 is 1.75 bits per heavy atom. The number of hydrogen-bond acceptors (Lipinski definition) is 7. The first-order chi connectivity index (χ1) is 16.9. The van der Waals surface area contributed by atoms with E-state index in [0.717, 1.165) is 44.9 Å². The van der Waals surface area contributed by atoms with Gasteiger partial charge in [-0.2, -0.15) is 0 Å². The summed E-state index contributed by atoms with van der Waals surface area (Å²) in [5, 5.41) is 36.4. The zero-order valence-electron chi connectivity index (χ0n) is 22.6. The molecule has 0 radical (unpaired) electrons. The van der Waals surface area contributed by atoms with Crippen LogP contribution in [-0.2, 0) is 19.0 Å². The second kappa shape index (κ2) is 8.14.